The van der Waals surface area contributed by atoms with Crippen LogP contribution in [0.3, 0.4) is 0 Å². The molecule has 0 spiro atoms. The Balaban J connectivity index is 3.17. The second-order valence-electron chi connectivity index (χ2n) is 3.74. The van der Waals surface area contributed by atoms with Gasteiger partial charge >= 0.3 is 0 Å². The molecule has 0 aliphatic carbocycles. The highest BCUT2D eigenvalue weighted by Gasteiger charge is 2.25. The van der Waals surface area contributed by atoms with Gasteiger partial charge in [-0.15, -0.1) is 0 Å². The summed E-state index contributed by atoms with van der Waals surface area (Å²) in [6.07, 6.45) is 0.701. The zero-order valence-electron chi connectivity index (χ0n) is 9.97. The minimum atomic E-state index is -3.57. The average Bonchev–Trinajstić information content (AvgIpc) is 2.28. The summed E-state index contributed by atoms with van der Waals surface area (Å²) in [6.45, 7) is 2.36. The molecular formula is C11H15BrN2O2S2. The molecule has 1 rings (SSSR count). The fraction of sp³-hybridized carbons (Fsp3) is 0.364. The maximum absolute atomic E-state index is 12.5. The van der Waals surface area contributed by atoms with Gasteiger partial charge in [0, 0.05) is 11.0 Å². The normalized spacial score (nSPS) is 11.7. The Morgan fingerprint density at radius 3 is 2.56 bits per heavy atom. The van der Waals surface area contributed by atoms with Crippen LogP contribution in [0.25, 0.3) is 0 Å². The molecule has 0 bridgehead atoms. The largest absolute Gasteiger partial charge is 0.392 e. The molecule has 1 aromatic rings. The molecule has 0 atom stereocenters. The Labute approximate surface area is 121 Å². The molecule has 4 nitrogen and oxygen atoms in total. The second-order valence-corrected chi connectivity index (χ2v) is 7.02. The van der Waals surface area contributed by atoms with Crippen molar-refractivity contribution in [3.05, 3.63) is 28.7 Å². The van der Waals surface area contributed by atoms with E-state index in [0.29, 0.717) is 17.4 Å². The minimum absolute atomic E-state index is 0.0623. The van der Waals surface area contributed by atoms with Crippen molar-refractivity contribution in [2.75, 3.05) is 13.1 Å². The van der Waals surface area contributed by atoms with Gasteiger partial charge in [-0.25, -0.2) is 8.42 Å². The summed E-state index contributed by atoms with van der Waals surface area (Å²) >= 11 is 8.05. The van der Waals surface area contributed by atoms with Crippen molar-refractivity contribution >= 4 is 43.2 Å². The first-order valence-corrected chi connectivity index (χ1v) is 8.06. The zero-order valence-corrected chi connectivity index (χ0v) is 13.2. The van der Waals surface area contributed by atoms with Crippen molar-refractivity contribution < 1.29 is 8.42 Å². The van der Waals surface area contributed by atoms with Gasteiger partial charge in [-0.3, -0.25) is 0 Å². The lowest BCUT2D eigenvalue weighted by molar-refractivity contribution is 0.449. The van der Waals surface area contributed by atoms with Crippen molar-refractivity contribution in [1.82, 2.24) is 4.31 Å². The minimum Gasteiger partial charge on any atom is -0.392 e. The van der Waals surface area contributed by atoms with E-state index >= 15 is 0 Å². The van der Waals surface area contributed by atoms with Crippen molar-refractivity contribution in [2.24, 2.45) is 5.73 Å². The molecule has 0 unspecified atom stereocenters. The lowest BCUT2D eigenvalue weighted by Crippen LogP contribution is -2.38. The van der Waals surface area contributed by atoms with Crippen LogP contribution < -0.4 is 5.73 Å². The number of nitrogens with zero attached hydrogens (tertiary/aromatic N) is 1. The SMILES string of the molecule is CCCN(CC(N)=S)S(=O)(=O)c1ccccc1Br. The summed E-state index contributed by atoms with van der Waals surface area (Å²) in [7, 11) is -3.57. The van der Waals surface area contributed by atoms with Crippen molar-refractivity contribution in [2.45, 2.75) is 18.2 Å². The van der Waals surface area contributed by atoms with Crippen LogP contribution >= 0.6 is 28.1 Å². The first-order valence-electron chi connectivity index (χ1n) is 5.42. The van der Waals surface area contributed by atoms with Crippen molar-refractivity contribution in [3.63, 3.8) is 0 Å². The van der Waals surface area contributed by atoms with E-state index in [1.54, 1.807) is 24.3 Å². The van der Waals surface area contributed by atoms with E-state index < -0.39 is 10.0 Å². The Hall–Kier alpha value is -0.500. The fourth-order valence-corrected chi connectivity index (χ4v) is 4.21. The van der Waals surface area contributed by atoms with E-state index in [1.165, 1.54) is 4.31 Å². The van der Waals surface area contributed by atoms with Crippen LogP contribution in [0.5, 0.6) is 0 Å². The number of rotatable bonds is 6. The van der Waals surface area contributed by atoms with E-state index in [4.69, 9.17) is 18.0 Å². The Kier molecular flexibility index (Phi) is 5.71. The number of nitrogens with two attached hydrogens (primary N) is 1. The van der Waals surface area contributed by atoms with Crippen LogP contribution in [0.1, 0.15) is 13.3 Å². The lowest BCUT2D eigenvalue weighted by atomic mass is 10.4. The summed E-state index contributed by atoms with van der Waals surface area (Å²) in [5, 5.41) is 0. The molecule has 100 valence electrons. The van der Waals surface area contributed by atoms with Crippen LogP contribution in [-0.4, -0.2) is 30.8 Å². The molecule has 2 N–H and O–H groups in total. The molecule has 0 radical (unpaired) electrons. The van der Waals surface area contributed by atoms with Crippen LogP contribution in [0.15, 0.2) is 33.6 Å². The van der Waals surface area contributed by atoms with E-state index in [2.05, 4.69) is 15.9 Å². The molecule has 0 aliphatic rings. The standard InChI is InChI=1S/C11H15BrN2O2S2/c1-2-7-14(8-11(13)17)18(15,16)10-6-4-3-5-9(10)12/h3-6H,2,7-8H2,1H3,(H2,13,17). The molecular weight excluding hydrogens is 336 g/mol. The maximum atomic E-state index is 12.5. The zero-order chi connectivity index (χ0) is 13.8. The van der Waals surface area contributed by atoms with Crippen molar-refractivity contribution in [3.8, 4) is 0 Å². The quantitative estimate of drug-likeness (QED) is 0.798. The van der Waals surface area contributed by atoms with Gasteiger partial charge in [0.1, 0.15) is 0 Å². The van der Waals surface area contributed by atoms with Gasteiger partial charge in [0.25, 0.3) is 0 Å². The van der Waals surface area contributed by atoms with Crippen molar-refractivity contribution in [1.29, 1.82) is 0 Å². The summed E-state index contributed by atoms with van der Waals surface area (Å²) in [5.41, 5.74) is 5.45. The predicted molar refractivity (Wildman–Crippen MR) is 80.0 cm³/mol. The molecule has 7 heteroatoms. The highest BCUT2D eigenvalue weighted by atomic mass is 79.9. The van der Waals surface area contributed by atoms with E-state index in [-0.39, 0.29) is 16.4 Å². The van der Waals surface area contributed by atoms with Gasteiger partial charge in [0.05, 0.1) is 16.4 Å². The third-order valence-electron chi connectivity index (χ3n) is 2.26. The second kappa shape index (κ2) is 6.60. The Bertz CT molecular complexity index is 532. The molecule has 1 aromatic carbocycles. The number of hydrogen-bond donors (Lipinski definition) is 1. The fourth-order valence-electron chi connectivity index (χ4n) is 1.50. The van der Waals surface area contributed by atoms with Gasteiger partial charge in [-0.2, -0.15) is 4.31 Å². The molecule has 0 amide bonds. The summed E-state index contributed by atoms with van der Waals surface area (Å²) in [6, 6.07) is 6.70. The third kappa shape index (κ3) is 3.74. The van der Waals surface area contributed by atoms with E-state index in [9.17, 15) is 8.42 Å². The van der Waals surface area contributed by atoms with E-state index in [1.807, 2.05) is 6.92 Å². The molecule has 0 fully saturated rings. The number of hydrogen-bond acceptors (Lipinski definition) is 3. The van der Waals surface area contributed by atoms with E-state index in [0.717, 1.165) is 0 Å². The van der Waals surface area contributed by atoms with Crippen LogP contribution in [0, 0.1) is 0 Å². The molecule has 0 aromatic heterocycles. The topological polar surface area (TPSA) is 63.4 Å². The van der Waals surface area contributed by atoms with Gasteiger partial charge in [0.15, 0.2) is 0 Å². The number of halogens is 1. The van der Waals surface area contributed by atoms with Gasteiger partial charge in [-0.05, 0) is 34.5 Å². The predicted octanol–water partition coefficient (Wildman–Crippen LogP) is 2.14. The molecule has 0 saturated heterocycles. The average molecular weight is 351 g/mol. The molecule has 0 aliphatic heterocycles. The van der Waals surface area contributed by atoms with Crippen LogP contribution in [-0.2, 0) is 10.0 Å². The lowest BCUT2D eigenvalue weighted by Gasteiger charge is -2.21. The van der Waals surface area contributed by atoms with Gasteiger partial charge in [0.2, 0.25) is 10.0 Å². The number of sulfonamides is 1. The molecule has 0 heterocycles. The Morgan fingerprint density at radius 2 is 2.06 bits per heavy atom. The molecule has 0 saturated carbocycles. The summed E-state index contributed by atoms with van der Waals surface area (Å²) < 4.78 is 26.8. The highest BCUT2D eigenvalue weighted by Crippen LogP contribution is 2.24. The highest BCUT2D eigenvalue weighted by molar-refractivity contribution is 9.10. The molecule has 18 heavy (non-hydrogen) atoms. The van der Waals surface area contributed by atoms with Crippen LogP contribution in [0.4, 0.5) is 0 Å². The smallest absolute Gasteiger partial charge is 0.244 e. The maximum Gasteiger partial charge on any atom is 0.244 e. The summed E-state index contributed by atoms with van der Waals surface area (Å²) in [5.74, 6) is 0. The van der Waals surface area contributed by atoms with Gasteiger partial charge < -0.3 is 5.73 Å². The number of thiocarbonyl (C=S) groups is 1. The third-order valence-corrected chi connectivity index (χ3v) is 5.25. The summed E-state index contributed by atoms with van der Waals surface area (Å²) in [4.78, 5) is 0.397. The first-order chi connectivity index (χ1) is 8.39. The first kappa shape index (κ1) is 15.6. The monoisotopic (exact) mass is 350 g/mol. The van der Waals surface area contributed by atoms with Gasteiger partial charge in [-0.1, -0.05) is 31.3 Å². The van der Waals surface area contributed by atoms with Crippen LogP contribution in [0.2, 0.25) is 0 Å². The number of benzene rings is 1. The Morgan fingerprint density at radius 1 is 1.44 bits per heavy atom.